The highest BCUT2D eigenvalue weighted by Crippen LogP contribution is 2.17. The van der Waals surface area contributed by atoms with Crippen molar-refractivity contribution in [3.63, 3.8) is 0 Å². The lowest BCUT2D eigenvalue weighted by atomic mass is 10.1. The summed E-state index contributed by atoms with van der Waals surface area (Å²) in [5.41, 5.74) is 8.50. The Morgan fingerprint density at radius 1 is 1.08 bits per heavy atom. The van der Waals surface area contributed by atoms with Crippen LogP contribution in [0.25, 0.3) is 10.9 Å². The standard InChI is InChI=1S/C19H22N4O.ClH/c20-11-6-12-23(14-15-7-2-1-3-8-15)19(24)13-18-16-9-4-5-10-17(16)21-22-18;/h1-5,7-10H,6,11-14,20H2,(H,21,22);1H. The Labute approximate surface area is 153 Å². The quantitative estimate of drug-likeness (QED) is 0.682. The first-order chi connectivity index (χ1) is 11.8. The van der Waals surface area contributed by atoms with E-state index < -0.39 is 0 Å². The Hall–Kier alpha value is -2.37. The summed E-state index contributed by atoms with van der Waals surface area (Å²) in [6.07, 6.45) is 1.11. The van der Waals surface area contributed by atoms with Crippen LogP contribution in [-0.4, -0.2) is 34.1 Å². The molecule has 3 rings (SSSR count). The molecule has 0 spiro atoms. The van der Waals surface area contributed by atoms with Crippen LogP contribution in [0.5, 0.6) is 0 Å². The van der Waals surface area contributed by atoms with Crippen LogP contribution < -0.4 is 5.73 Å². The molecule has 0 aliphatic heterocycles. The third kappa shape index (κ3) is 4.81. The molecule has 3 aromatic rings. The minimum atomic E-state index is 0. The molecule has 5 nitrogen and oxygen atoms in total. The highest BCUT2D eigenvalue weighted by molar-refractivity contribution is 5.87. The van der Waals surface area contributed by atoms with Crippen LogP contribution in [-0.2, 0) is 17.8 Å². The molecule has 132 valence electrons. The van der Waals surface area contributed by atoms with Crippen LogP contribution in [0.2, 0.25) is 0 Å². The molecule has 0 radical (unpaired) electrons. The van der Waals surface area contributed by atoms with E-state index >= 15 is 0 Å². The van der Waals surface area contributed by atoms with E-state index in [1.54, 1.807) is 0 Å². The van der Waals surface area contributed by atoms with Crippen LogP contribution in [0.15, 0.2) is 54.6 Å². The van der Waals surface area contributed by atoms with Gasteiger partial charge < -0.3 is 10.6 Å². The van der Waals surface area contributed by atoms with Crippen LogP contribution in [0, 0.1) is 0 Å². The van der Waals surface area contributed by atoms with Gasteiger partial charge in [0, 0.05) is 18.5 Å². The molecule has 1 aromatic heterocycles. The van der Waals surface area contributed by atoms with E-state index in [4.69, 9.17) is 5.73 Å². The van der Waals surface area contributed by atoms with Crippen molar-refractivity contribution in [2.75, 3.05) is 13.1 Å². The molecule has 0 unspecified atom stereocenters. The number of aromatic amines is 1. The first kappa shape index (κ1) is 19.0. The van der Waals surface area contributed by atoms with Gasteiger partial charge in [0.25, 0.3) is 0 Å². The Morgan fingerprint density at radius 2 is 1.80 bits per heavy atom. The van der Waals surface area contributed by atoms with Crippen molar-refractivity contribution in [2.24, 2.45) is 5.73 Å². The maximum Gasteiger partial charge on any atom is 0.228 e. The zero-order chi connectivity index (χ0) is 16.8. The zero-order valence-corrected chi connectivity index (χ0v) is 14.8. The van der Waals surface area contributed by atoms with Gasteiger partial charge in [0.2, 0.25) is 5.91 Å². The van der Waals surface area contributed by atoms with Crippen LogP contribution in [0.4, 0.5) is 0 Å². The molecule has 2 aromatic carbocycles. The minimum absolute atomic E-state index is 0. The maximum absolute atomic E-state index is 12.8. The van der Waals surface area contributed by atoms with Crippen molar-refractivity contribution in [1.29, 1.82) is 0 Å². The number of aromatic nitrogens is 2. The van der Waals surface area contributed by atoms with E-state index in [0.29, 0.717) is 26.1 Å². The number of benzene rings is 2. The second-order valence-electron chi connectivity index (χ2n) is 5.84. The molecule has 0 saturated carbocycles. The fourth-order valence-corrected chi connectivity index (χ4v) is 2.79. The first-order valence-corrected chi connectivity index (χ1v) is 8.21. The molecule has 25 heavy (non-hydrogen) atoms. The fraction of sp³-hybridized carbons (Fsp3) is 0.263. The van der Waals surface area contributed by atoms with E-state index in [2.05, 4.69) is 10.2 Å². The topological polar surface area (TPSA) is 75.0 Å². The highest BCUT2D eigenvalue weighted by Gasteiger charge is 2.16. The number of H-pyrrole nitrogens is 1. The summed E-state index contributed by atoms with van der Waals surface area (Å²) < 4.78 is 0. The van der Waals surface area contributed by atoms with E-state index in [1.807, 2.05) is 59.5 Å². The van der Waals surface area contributed by atoms with Crippen LogP contribution in [0.3, 0.4) is 0 Å². The van der Waals surface area contributed by atoms with Gasteiger partial charge in [-0.2, -0.15) is 5.10 Å². The molecular formula is C19H23ClN4O. The summed E-state index contributed by atoms with van der Waals surface area (Å²) in [5, 5.41) is 8.26. The van der Waals surface area contributed by atoms with Gasteiger partial charge in [-0.1, -0.05) is 48.5 Å². The smallest absolute Gasteiger partial charge is 0.228 e. The molecule has 0 saturated heterocycles. The highest BCUT2D eigenvalue weighted by atomic mass is 35.5. The van der Waals surface area contributed by atoms with Gasteiger partial charge in [0.15, 0.2) is 0 Å². The summed E-state index contributed by atoms with van der Waals surface area (Å²) in [6, 6.07) is 17.9. The SMILES string of the molecule is Cl.NCCCN(Cc1ccccc1)C(=O)Cc1[nH]nc2ccccc12. The van der Waals surface area contributed by atoms with E-state index in [9.17, 15) is 4.79 Å². The second-order valence-corrected chi connectivity index (χ2v) is 5.84. The van der Waals surface area contributed by atoms with Crippen LogP contribution >= 0.6 is 12.4 Å². The molecule has 0 atom stereocenters. The Kier molecular flexibility index (Phi) is 6.98. The summed E-state index contributed by atoms with van der Waals surface area (Å²) in [4.78, 5) is 14.7. The lowest BCUT2D eigenvalue weighted by molar-refractivity contribution is -0.131. The van der Waals surface area contributed by atoms with E-state index in [0.717, 1.165) is 28.6 Å². The summed E-state index contributed by atoms with van der Waals surface area (Å²) in [7, 11) is 0. The van der Waals surface area contributed by atoms with Gasteiger partial charge in [-0.3, -0.25) is 9.89 Å². The van der Waals surface area contributed by atoms with Crippen molar-refractivity contribution in [3.8, 4) is 0 Å². The summed E-state index contributed by atoms with van der Waals surface area (Å²) >= 11 is 0. The predicted molar refractivity (Wildman–Crippen MR) is 103 cm³/mol. The maximum atomic E-state index is 12.8. The Morgan fingerprint density at radius 3 is 2.56 bits per heavy atom. The predicted octanol–water partition coefficient (Wildman–Crippen LogP) is 2.90. The molecule has 0 fully saturated rings. The monoisotopic (exact) mass is 358 g/mol. The van der Waals surface area contributed by atoms with Gasteiger partial charge in [0.1, 0.15) is 0 Å². The number of rotatable bonds is 7. The third-order valence-electron chi connectivity index (χ3n) is 4.07. The number of nitrogens with zero attached hydrogens (tertiary/aromatic N) is 2. The number of carbonyl (C=O) groups is 1. The normalized spacial score (nSPS) is 10.4. The number of amides is 1. The molecule has 0 bridgehead atoms. The lowest BCUT2D eigenvalue weighted by Crippen LogP contribution is -2.33. The average molecular weight is 359 g/mol. The fourth-order valence-electron chi connectivity index (χ4n) is 2.79. The lowest BCUT2D eigenvalue weighted by Gasteiger charge is -2.22. The number of hydrogen-bond donors (Lipinski definition) is 2. The largest absolute Gasteiger partial charge is 0.338 e. The van der Waals surface area contributed by atoms with Crippen molar-refractivity contribution in [3.05, 3.63) is 65.9 Å². The zero-order valence-electron chi connectivity index (χ0n) is 14.0. The summed E-state index contributed by atoms with van der Waals surface area (Å²) in [5.74, 6) is 0.0849. The number of fused-ring (bicyclic) bond motifs is 1. The second kappa shape index (κ2) is 9.20. The molecule has 3 N–H and O–H groups in total. The molecule has 0 aliphatic rings. The molecule has 1 heterocycles. The average Bonchev–Trinajstić information content (AvgIpc) is 3.02. The van der Waals surface area contributed by atoms with Gasteiger partial charge in [-0.15, -0.1) is 12.4 Å². The number of carbonyl (C=O) groups excluding carboxylic acids is 1. The summed E-state index contributed by atoms with van der Waals surface area (Å²) in [6.45, 7) is 1.84. The number of nitrogens with one attached hydrogen (secondary N) is 1. The Balaban J connectivity index is 0.00000225. The third-order valence-corrected chi connectivity index (χ3v) is 4.07. The number of nitrogens with two attached hydrogens (primary N) is 1. The van der Waals surface area contributed by atoms with Crippen LogP contribution in [0.1, 0.15) is 17.7 Å². The molecular weight excluding hydrogens is 336 g/mol. The van der Waals surface area contributed by atoms with E-state index in [-0.39, 0.29) is 18.3 Å². The number of halogens is 1. The first-order valence-electron chi connectivity index (χ1n) is 8.21. The molecule has 0 aliphatic carbocycles. The van der Waals surface area contributed by atoms with Gasteiger partial charge >= 0.3 is 0 Å². The van der Waals surface area contributed by atoms with Crippen molar-refractivity contribution >= 4 is 29.2 Å². The van der Waals surface area contributed by atoms with Crippen molar-refractivity contribution < 1.29 is 4.79 Å². The van der Waals surface area contributed by atoms with Gasteiger partial charge in [0.05, 0.1) is 17.6 Å². The van der Waals surface area contributed by atoms with Gasteiger partial charge in [-0.25, -0.2) is 0 Å². The van der Waals surface area contributed by atoms with Crippen molar-refractivity contribution in [2.45, 2.75) is 19.4 Å². The Bertz CT molecular complexity index is 803. The molecule has 6 heteroatoms. The van der Waals surface area contributed by atoms with Gasteiger partial charge in [-0.05, 0) is 24.6 Å². The number of para-hydroxylation sites is 1. The number of hydrogen-bond acceptors (Lipinski definition) is 3. The minimum Gasteiger partial charge on any atom is -0.338 e. The molecule has 1 amide bonds. The van der Waals surface area contributed by atoms with E-state index in [1.165, 1.54) is 0 Å². The van der Waals surface area contributed by atoms with Crippen molar-refractivity contribution in [1.82, 2.24) is 15.1 Å².